The summed E-state index contributed by atoms with van der Waals surface area (Å²) in [6.45, 7) is 7.37. The Morgan fingerprint density at radius 2 is 1.83 bits per heavy atom. The minimum absolute atomic E-state index is 0.648. The maximum atomic E-state index is 5.70. The van der Waals surface area contributed by atoms with Gasteiger partial charge in [-0.2, -0.15) is 0 Å². The van der Waals surface area contributed by atoms with Crippen molar-refractivity contribution in [3.8, 4) is 11.5 Å². The van der Waals surface area contributed by atoms with E-state index in [1.54, 1.807) is 7.11 Å². The molecule has 0 radical (unpaired) electrons. The molecule has 3 nitrogen and oxygen atoms in total. The first kappa shape index (κ1) is 14.8. The van der Waals surface area contributed by atoms with Crippen LogP contribution in [0.3, 0.4) is 0 Å². The van der Waals surface area contributed by atoms with Gasteiger partial charge in [-0.3, -0.25) is 0 Å². The summed E-state index contributed by atoms with van der Waals surface area (Å²) in [6.07, 6.45) is 2.26. The van der Waals surface area contributed by atoms with Crippen molar-refractivity contribution in [1.82, 2.24) is 5.32 Å². The first-order valence-corrected chi connectivity index (χ1v) is 6.73. The Balaban J connectivity index is 2.16. The van der Waals surface area contributed by atoms with E-state index in [1.807, 2.05) is 24.3 Å². The van der Waals surface area contributed by atoms with Crippen LogP contribution in [0.4, 0.5) is 0 Å². The standard InChI is InChI=1S/C15H25NO2/c1-4-10-16-12-13(2)9-11-18-15-7-5-14(17-3)6-8-15/h5-8,13,16H,4,9-12H2,1-3H3. The quantitative estimate of drug-likeness (QED) is 0.684. The van der Waals surface area contributed by atoms with E-state index in [-0.39, 0.29) is 0 Å². The zero-order chi connectivity index (χ0) is 13.2. The predicted octanol–water partition coefficient (Wildman–Crippen LogP) is 3.10. The number of benzene rings is 1. The summed E-state index contributed by atoms with van der Waals surface area (Å²) < 4.78 is 10.8. The lowest BCUT2D eigenvalue weighted by Gasteiger charge is -2.13. The Kier molecular flexibility index (Phi) is 7.26. The first-order valence-electron chi connectivity index (χ1n) is 6.73. The lowest BCUT2D eigenvalue weighted by Crippen LogP contribution is -2.23. The van der Waals surface area contributed by atoms with Crippen LogP contribution in [-0.2, 0) is 0 Å². The number of methoxy groups -OCH3 is 1. The van der Waals surface area contributed by atoms with E-state index in [1.165, 1.54) is 6.42 Å². The largest absolute Gasteiger partial charge is 0.497 e. The lowest BCUT2D eigenvalue weighted by atomic mass is 10.1. The minimum Gasteiger partial charge on any atom is -0.497 e. The number of nitrogens with one attached hydrogen (secondary N) is 1. The summed E-state index contributed by atoms with van der Waals surface area (Å²) in [4.78, 5) is 0. The Hall–Kier alpha value is -1.22. The highest BCUT2D eigenvalue weighted by atomic mass is 16.5. The van der Waals surface area contributed by atoms with Crippen molar-refractivity contribution in [2.45, 2.75) is 26.7 Å². The topological polar surface area (TPSA) is 30.5 Å². The van der Waals surface area contributed by atoms with Crippen molar-refractivity contribution < 1.29 is 9.47 Å². The number of rotatable bonds is 9. The molecule has 18 heavy (non-hydrogen) atoms. The molecule has 0 aliphatic heterocycles. The summed E-state index contributed by atoms with van der Waals surface area (Å²) in [7, 11) is 1.67. The van der Waals surface area contributed by atoms with Gasteiger partial charge in [0.25, 0.3) is 0 Å². The van der Waals surface area contributed by atoms with Crippen LogP contribution in [0.5, 0.6) is 11.5 Å². The molecule has 0 aromatic heterocycles. The average molecular weight is 251 g/mol. The fourth-order valence-corrected chi connectivity index (χ4v) is 1.68. The Morgan fingerprint density at radius 1 is 1.17 bits per heavy atom. The predicted molar refractivity (Wildman–Crippen MR) is 75.4 cm³/mol. The second-order valence-corrected chi connectivity index (χ2v) is 4.62. The number of hydrogen-bond acceptors (Lipinski definition) is 3. The fourth-order valence-electron chi connectivity index (χ4n) is 1.68. The molecule has 0 spiro atoms. The summed E-state index contributed by atoms with van der Waals surface area (Å²) >= 11 is 0. The van der Waals surface area contributed by atoms with Crippen LogP contribution >= 0.6 is 0 Å². The van der Waals surface area contributed by atoms with Crippen LogP contribution in [0.25, 0.3) is 0 Å². The third-order valence-corrected chi connectivity index (χ3v) is 2.86. The monoisotopic (exact) mass is 251 g/mol. The van der Waals surface area contributed by atoms with E-state index in [0.717, 1.165) is 37.6 Å². The molecule has 0 saturated heterocycles. The molecule has 1 N–H and O–H groups in total. The molecule has 0 saturated carbocycles. The SMILES string of the molecule is CCCNCC(C)CCOc1ccc(OC)cc1. The van der Waals surface area contributed by atoms with Crippen LogP contribution in [0.1, 0.15) is 26.7 Å². The Labute approximate surface area is 110 Å². The van der Waals surface area contributed by atoms with Gasteiger partial charge < -0.3 is 14.8 Å². The molecular weight excluding hydrogens is 226 g/mol. The van der Waals surface area contributed by atoms with Crippen LogP contribution in [0.2, 0.25) is 0 Å². The summed E-state index contributed by atoms with van der Waals surface area (Å²) in [5, 5.41) is 3.43. The van der Waals surface area contributed by atoms with Gasteiger partial charge >= 0.3 is 0 Å². The molecular formula is C15H25NO2. The van der Waals surface area contributed by atoms with Crippen molar-refractivity contribution in [3.63, 3.8) is 0 Å². The molecule has 0 aliphatic rings. The first-order chi connectivity index (χ1) is 8.76. The highest BCUT2D eigenvalue weighted by molar-refractivity contribution is 5.31. The molecule has 0 aliphatic carbocycles. The van der Waals surface area contributed by atoms with Crippen molar-refractivity contribution in [3.05, 3.63) is 24.3 Å². The van der Waals surface area contributed by atoms with E-state index < -0.39 is 0 Å². The Bertz CT molecular complexity index is 311. The zero-order valence-corrected chi connectivity index (χ0v) is 11.7. The maximum Gasteiger partial charge on any atom is 0.119 e. The van der Waals surface area contributed by atoms with Crippen LogP contribution in [0.15, 0.2) is 24.3 Å². The van der Waals surface area contributed by atoms with E-state index in [2.05, 4.69) is 19.2 Å². The molecule has 0 fully saturated rings. The molecule has 3 heteroatoms. The van der Waals surface area contributed by atoms with Gasteiger partial charge in [-0.15, -0.1) is 0 Å². The van der Waals surface area contributed by atoms with E-state index in [9.17, 15) is 0 Å². The van der Waals surface area contributed by atoms with Crippen molar-refractivity contribution in [2.24, 2.45) is 5.92 Å². The van der Waals surface area contributed by atoms with Crippen LogP contribution in [-0.4, -0.2) is 26.8 Å². The molecule has 102 valence electrons. The van der Waals surface area contributed by atoms with Crippen molar-refractivity contribution in [1.29, 1.82) is 0 Å². The molecule has 1 rings (SSSR count). The van der Waals surface area contributed by atoms with Gasteiger partial charge in [0.05, 0.1) is 13.7 Å². The van der Waals surface area contributed by atoms with E-state index >= 15 is 0 Å². The molecule has 0 amide bonds. The fraction of sp³-hybridized carbons (Fsp3) is 0.600. The average Bonchev–Trinajstić information content (AvgIpc) is 2.40. The second-order valence-electron chi connectivity index (χ2n) is 4.62. The van der Waals surface area contributed by atoms with Gasteiger partial charge in [0.2, 0.25) is 0 Å². The molecule has 0 bridgehead atoms. The van der Waals surface area contributed by atoms with E-state index in [0.29, 0.717) is 5.92 Å². The second kappa shape index (κ2) is 8.81. The van der Waals surface area contributed by atoms with Gasteiger partial charge in [-0.1, -0.05) is 13.8 Å². The molecule has 1 aromatic carbocycles. The number of hydrogen-bond donors (Lipinski definition) is 1. The highest BCUT2D eigenvalue weighted by Crippen LogP contribution is 2.17. The highest BCUT2D eigenvalue weighted by Gasteiger charge is 2.02. The smallest absolute Gasteiger partial charge is 0.119 e. The lowest BCUT2D eigenvalue weighted by molar-refractivity contribution is 0.280. The molecule has 1 unspecified atom stereocenters. The normalized spacial score (nSPS) is 12.2. The Morgan fingerprint density at radius 3 is 2.44 bits per heavy atom. The number of ether oxygens (including phenoxy) is 2. The van der Waals surface area contributed by atoms with Crippen LogP contribution < -0.4 is 14.8 Å². The molecule has 0 heterocycles. The van der Waals surface area contributed by atoms with Gasteiger partial charge in [-0.25, -0.2) is 0 Å². The molecule has 1 aromatic rings. The van der Waals surface area contributed by atoms with Crippen LogP contribution in [0, 0.1) is 5.92 Å². The van der Waals surface area contributed by atoms with Gasteiger partial charge in [0.15, 0.2) is 0 Å². The maximum absolute atomic E-state index is 5.70. The molecule has 1 atom stereocenters. The van der Waals surface area contributed by atoms with Gasteiger partial charge in [0, 0.05) is 0 Å². The third kappa shape index (κ3) is 5.92. The van der Waals surface area contributed by atoms with E-state index in [4.69, 9.17) is 9.47 Å². The minimum atomic E-state index is 0.648. The zero-order valence-electron chi connectivity index (χ0n) is 11.7. The van der Waals surface area contributed by atoms with Gasteiger partial charge in [-0.05, 0) is 56.1 Å². The van der Waals surface area contributed by atoms with Crippen molar-refractivity contribution in [2.75, 3.05) is 26.8 Å². The summed E-state index contributed by atoms with van der Waals surface area (Å²) in [6, 6.07) is 7.72. The summed E-state index contributed by atoms with van der Waals surface area (Å²) in [5.41, 5.74) is 0. The third-order valence-electron chi connectivity index (χ3n) is 2.86. The summed E-state index contributed by atoms with van der Waals surface area (Å²) in [5.74, 6) is 2.42. The van der Waals surface area contributed by atoms with Gasteiger partial charge in [0.1, 0.15) is 11.5 Å². The van der Waals surface area contributed by atoms with Crippen molar-refractivity contribution >= 4 is 0 Å².